The van der Waals surface area contributed by atoms with Crippen molar-refractivity contribution in [2.45, 2.75) is 26.5 Å². The average molecular weight is 387 g/mol. The molecule has 2 rings (SSSR count). The van der Waals surface area contributed by atoms with Crippen molar-refractivity contribution in [2.75, 3.05) is 20.3 Å². The zero-order valence-corrected chi connectivity index (χ0v) is 16.3. The van der Waals surface area contributed by atoms with Crippen molar-refractivity contribution >= 4 is 11.9 Å². The highest BCUT2D eigenvalue weighted by atomic mass is 16.6. The standard InChI is InChI=1S/C21H25NO6/c1-4-26-18-9-11-19(12-10-18)27-14-20(23)28-15(2)21(24)22-13-16-5-7-17(25-3)8-6-16/h5-12,15H,4,13-14H2,1-3H3,(H,22,24)/t15-/m0/s1. The second-order valence-corrected chi connectivity index (χ2v) is 5.89. The van der Waals surface area contributed by atoms with Crippen LogP contribution in [0.1, 0.15) is 19.4 Å². The van der Waals surface area contributed by atoms with E-state index in [4.69, 9.17) is 18.9 Å². The molecule has 0 heterocycles. The van der Waals surface area contributed by atoms with E-state index in [9.17, 15) is 9.59 Å². The van der Waals surface area contributed by atoms with Crippen LogP contribution in [0, 0.1) is 0 Å². The first-order valence-corrected chi connectivity index (χ1v) is 8.97. The minimum absolute atomic E-state index is 0.288. The van der Waals surface area contributed by atoms with Gasteiger partial charge in [0.05, 0.1) is 13.7 Å². The molecule has 2 aromatic carbocycles. The maximum absolute atomic E-state index is 12.1. The molecule has 7 heteroatoms. The monoisotopic (exact) mass is 387 g/mol. The van der Waals surface area contributed by atoms with Crippen LogP contribution in [0.5, 0.6) is 17.2 Å². The Morgan fingerprint density at radius 2 is 1.50 bits per heavy atom. The average Bonchev–Trinajstić information content (AvgIpc) is 2.72. The van der Waals surface area contributed by atoms with Crippen LogP contribution in [0.2, 0.25) is 0 Å². The summed E-state index contributed by atoms with van der Waals surface area (Å²) >= 11 is 0. The molecule has 7 nitrogen and oxygen atoms in total. The normalized spacial score (nSPS) is 11.2. The van der Waals surface area contributed by atoms with Crippen molar-refractivity contribution in [3.05, 3.63) is 54.1 Å². The zero-order valence-electron chi connectivity index (χ0n) is 16.3. The molecule has 0 aliphatic heterocycles. The summed E-state index contributed by atoms with van der Waals surface area (Å²) in [5, 5.41) is 2.72. The lowest BCUT2D eigenvalue weighted by atomic mass is 10.2. The van der Waals surface area contributed by atoms with Gasteiger partial charge in [-0.15, -0.1) is 0 Å². The van der Waals surface area contributed by atoms with Crippen LogP contribution < -0.4 is 19.5 Å². The number of carbonyl (C=O) groups is 2. The van der Waals surface area contributed by atoms with Crippen molar-refractivity contribution in [1.29, 1.82) is 0 Å². The second kappa shape index (κ2) is 10.8. The Morgan fingerprint density at radius 1 is 0.929 bits per heavy atom. The van der Waals surface area contributed by atoms with E-state index in [2.05, 4.69) is 5.32 Å². The molecule has 0 saturated carbocycles. The molecule has 0 bridgehead atoms. The van der Waals surface area contributed by atoms with E-state index in [0.29, 0.717) is 18.9 Å². The number of amides is 1. The summed E-state index contributed by atoms with van der Waals surface area (Å²) in [5.74, 6) is 0.965. The lowest BCUT2D eigenvalue weighted by Gasteiger charge is -2.14. The van der Waals surface area contributed by atoms with E-state index >= 15 is 0 Å². The van der Waals surface area contributed by atoms with Gasteiger partial charge in [-0.3, -0.25) is 4.79 Å². The third-order valence-electron chi connectivity index (χ3n) is 3.79. The Morgan fingerprint density at radius 3 is 2.07 bits per heavy atom. The fraction of sp³-hybridized carbons (Fsp3) is 0.333. The van der Waals surface area contributed by atoms with Crippen LogP contribution in [-0.2, 0) is 20.9 Å². The number of benzene rings is 2. The number of nitrogens with one attached hydrogen (secondary N) is 1. The van der Waals surface area contributed by atoms with E-state index in [1.54, 1.807) is 31.4 Å². The van der Waals surface area contributed by atoms with Gasteiger partial charge in [0, 0.05) is 6.54 Å². The molecule has 28 heavy (non-hydrogen) atoms. The molecule has 0 aliphatic carbocycles. The van der Waals surface area contributed by atoms with Gasteiger partial charge in [-0.2, -0.15) is 0 Å². The van der Waals surface area contributed by atoms with Crippen molar-refractivity contribution in [3.8, 4) is 17.2 Å². The minimum Gasteiger partial charge on any atom is -0.497 e. The molecule has 0 aliphatic rings. The van der Waals surface area contributed by atoms with Gasteiger partial charge in [0.25, 0.3) is 5.91 Å². The van der Waals surface area contributed by atoms with Crippen molar-refractivity contribution in [3.63, 3.8) is 0 Å². The van der Waals surface area contributed by atoms with Crippen molar-refractivity contribution in [2.24, 2.45) is 0 Å². The predicted molar refractivity (Wildman–Crippen MR) is 104 cm³/mol. The van der Waals surface area contributed by atoms with Gasteiger partial charge in [-0.05, 0) is 55.8 Å². The summed E-state index contributed by atoms with van der Waals surface area (Å²) in [5.41, 5.74) is 0.909. The summed E-state index contributed by atoms with van der Waals surface area (Å²) < 4.78 is 20.9. The van der Waals surface area contributed by atoms with E-state index in [-0.39, 0.29) is 12.5 Å². The lowest BCUT2D eigenvalue weighted by molar-refractivity contribution is -0.156. The summed E-state index contributed by atoms with van der Waals surface area (Å²) in [6.45, 7) is 4.02. The van der Waals surface area contributed by atoms with Gasteiger partial charge in [0.15, 0.2) is 12.7 Å². The fourth-order valence-electron chi connectivity index (χ4n) is 2.30. The molecule has 1 N–H and O–H groups in total. The molecule has 0 saturated heterocycles. The number of hydrogen-bond acceptors (Lipinski definition) is 6. The third-order valence-corrected chi connectivity index (χ3v) is 3.79. The number of methoxy groups -OCH3 is 1. The molecule has 0 aromatic heterocycles. The Kier molecular flexibility index (Phi) is 8.14. The van der Waals surface area contributed by atoms with E-state index in [1.165, 1.54) is 6.92 Å². The number of rotatable bonds is 10. The molecular weight excluding hydrogens is 362 g/mol. The maximum atomic E-state index is 12.1. The predicted octanol–water partition coefficient (Wildman–Crippen LogP) is 2.72. The largest absolute Gasteiger partial charge is 0.497 e. The van der Waals surface area contributed by atoms with Gasteiger partial charge in [0.1, 0.15) is 17.2 Å². The molecule has 0 unspecified atom stereocenters. The maximum Gasteiger partial charge on any atom is 0.344 e. The summed E-state index contributed by atoms with van der Waals surface area (Å²) in [6, 6.07) is 14.2. The van der Waals surface area contributed by atoms with Crippen LogP contribution in [0.4, 0.5) is 0 Å². The number of esters is 1. The van der Waals surface area contributed by atoms with Gasteiger partial charge in [0.2, 0.25) is 0 Å². The fourth-order valence-corrected chi connectivity index (χ4v) is 2.30. The molecular formula is C21H25NO6. The zero-order chi connectivity index (χ0) is 20.4. The highest BCUT2D eigenvalue weighted by Gasteiger charge is 2.18. The molecule has 0 spiro atoms. The number of hydrogen-bond donors (Lipinski definition) is 1. The van der Waals surface area contributed by atoms with Crippen molar-refractivity contribution < 1.29 is 28.5 Å². The number of ether oxygens (including phenoxy) is 4. The molecule has 1 atom stereocenters. The molecule has 2 aromatic rings. The van der Waals surface area contributed by atoms with E-state index in [1.807, 2.05) is 31.2 Å². The first kappa shape index (κ1) is 21.1. The third kappa shape index (κ3) is 6.83. The van der Waals surface area contributed by atoms with Crippen LogP contribution >= 0.6 is 0 Å². The topological polar surface area (TPSA) is 83.1 Å². The first-order valence-electron chi connectivity index (χ1n) is 8.97. The van der Waals surface area contributed by atoms with E-state index < -0.39 is 12.1 Å². The number of carbonyl (C=O) groups excluding carboxylic acids is 2. The van der Waals surface area contributed by atoms with Gasteiger partial charge in [-0.1, -0.05) is 12.1 Å². The van der Waals surface area contributed by atoms with E-state index in [0.717, 1.165) is 17.1 Å². The highest BCUT2D eigenvalue weighted by molar-refractivity contribution is 5.83. The van der Waals surface area contributed by atoms with Gasteiger partial charge >= 0.3 is 5.97 Å². The minimum atomic E-state index is -0.922. The Bertz CT molecular complexity index is 757. The lowest BCUT2D eigenvalue weighted by Crippen LogP contribution is -2.36. The van der Waals surface area contributed by atoms with Gasteiger partial charge < -0.3 is 24.3 Å². The highest BCUT2D eigenvalue weighted by Crippen LogP contribution is 2.17. The van der Waals surface area contributed by atoms with Crippen LogP contribution in [0.25, 0.3) is 0 Å². The molecule has 150 valence electrons. The van der Waals surface area contributed by atoms with Crippen LogP contribution in [0.15, 0.2) is 48.5 Å². The smallest absolute Gasteiger partial charge is 0.344 e. The van der Waals surface area contributed by atoms with Gasteiger partial charge in [-0.25, -0.2) is 4.79 Å². The molecule has 0 radical (unpaired) electrons. The SMILES string of the molecule is CCOc1ccc(OCC(=O)O[C@@H](C)C(=O)NCc2ccc(OC)cc2)cc1. The summed E-state index contributed by atoms with van der Waals surface area (Å²) in [7, 11) is 1.59. The van der Waals surface area contributed by atoms with Crippen LogP contribution in [0.3, 0.4) is 0 Å². The molecule has 1 amide bonds. The summed E-state index contributed by atoms with van der Waals surface area (Å²) in [4.78, 5) is 24.0. The Hall–Kier alpha value is -3.22. The van der Waals surface area contributed by atoms with Crippen molar-refractivity contribution in [1.82, 2.24) is 5.32 Å². The second-order valence-electron chi connectivity index (χ2n) is 5.89. The Balaban J connectivity index is 1.72. The summed E-state index contributed by atoms with van der Waals surface area (Å²) in [6.07, 6.45) is -0.922. The Labute approximate surface area is 164 Å². The molecule has 0 fully saturated rings. The van der Waals surface area contributed by atoms with Crippen LogP contribution in [-0.4, -0.2) is 38.3 Å². The quantitative estimate of drug-likeness (QED) is 0.631. The first-order chi connectivity index (χ1) is 13.5.